The van der Waals surface area contributed by atoms with Crippen molar-refractivity contribution in [1.82, 2.24) is 0 Å². The topological polar surface area (TPSA) is 0 Å². The van der Waals surface area contributed by atoms with Crippen LogP contribution in [0.1, 0.15) is 40.0 Å². The maximum Gasteiger partial charge on any atom is -0.00727 e. The molecule has 0 radical (unpaired) electrons. The SMILES string of the molecule is C=CCC1=C[C@H](C)[C@@H]2C[C@@]1(C)CC=C2C. The van der Waals surface area contributed by atoms with Crippen molar-refractivity contribution in [2.45, 2.75) is 40.0 Å². The molecular weight excluding hydrogens is 180 g/mol. The molecule has 0 N–H and O–H groups in total. The highest BCUT2D eigenvalue weighted by Crippen LogP contribution is 2.51. The first kappa shape index (κ1) is 10.7. The van der Waals surface area contributed by atoms with Crippen molar-refractivity contribution in [2.24, 2.45) is 17.3 Å². The Morgan fingerprint density at radius 2 is 2.33 bits per heavy atom. The fourth-order valence-electron chi connectivity index (χ4n) is 3.23. The first-order valence-corrected chi connectivity index (χ1v) is 6.05. The van der Waals surface area contributed by atoms with Crippen LogP contribution in [0.5, 0.6) is 0 Å². The quantitative estimate of drug-likeness (QED) is 0.578. The van der Waals surface area contributed by atoms with Gasteiger partial charge in [0.2, 0.25) is 0 Å². The molecule has 0 saturated carbocycles. The van der Waals surface area contributed by atoms with Crippen LogP contribution in [0.3, 0.4) is 0 Å². The molecule has 82 valence electrons. The van der Waals surface area contributed by atoms with Gasteiger partial charge in [0.1, 0.15) is 0 Å². The lowest BCUT2D eigenvalue weighted by Gasteiger charge is -2.45. The van der Waals surface area contributed by atoms with Gasteiger partial charge in [-0.05, 0) is 43.4 Å². The van der Waals surface area contributed by atoms with Crippen molar-refractivity contribution in [3.05, 3.63) is 36.0 Å². The van der Waals surface area contributed by atoms with Crippen LogP contribution < -0.4 is 0 Å². The molecule has 0 saturated heterocycles. The molecule has 0 spiro atoms. The number of hydrogen-bond acceptors (Lipinski definition) is 0. The molecule has 0 nitrogen and oxygen atoms in total. The van der Waals surface area contributed by atoms with E-state index in [0.29, 0.717) is 11.3 Å². The molecule has 15 heavy (non-hydrogen) atoms. The predicted molar refractivity (Wildman–Crippen MR) is 66.6 cm³/mol. The maximum atomic E-state index is 3.88. The Labute approximate surface area is 93.8 Å². The molecule has 0 unspecified atom stereocenters. The molecule has 0 aromatic rings. The summed E-state index contributed by atoms with van der Waals surface area (Å²) in [6.07, 6.45) is 10.7. The number of hydrogen-bond donors (Lipinski definition) is 0. The van der Waals surface area contributed by atoms with Crippen LogP contribution in [0.15, 0.2) is 36.0 Å². The molecule has 0 fully saturated rings. The van der Waals surface area contributed by atoms with E-state index in [-0.39, 0.29) is 0 Å². The summed E-state index contributed by atoms with van der Waals surface area (Å²) in [5.74, 6) is 1.50. The Morgan fingerprint density at radius 3 is 3.00 bits per heavy atom. The van der Waals surface area contributed by atoms with Crippen molar-refractivity contribution < 1.29 is 0 Å². The third kappa shape index (κ3) is 1.71. The molecule has 0 aliphatic heterocycles. The standard InChI is InChI=1S/C15H22/c1-5-6-13-9-12(3)14-10-15(13,4)8-7-11(14)2/h5,7,9,12,14H,1,6,8,10H2,2-4H3/t12-,14+,15+/m0/s1. The summed E-state index contributed by atoms with van der Waals surface area (Å²) in [7, 11) is 0. The van der Waals surface area contributed by atoms with E-state index in [1.54, 1.807) is 11.1 Å². The molecule has 2 aliphatic carbocycles. The molecule has 0 aromatic heterocycles. The molecule has 2 bridgehead atoms. The van der Waals surface area contributed by atoms with Crippen molar-refractivity contribution in [3.8, 4) is 0 Å². The van der Waals surface area contributed by atoms with Crippen LogP contribution in [0, 0.1) is 17.3 Å². The predicted octanol–water partition coefficient (Wildman–Crippen LogP) is 4.50. The van der Waals surface area contributed by atoms with Gasteiger partial charge in [-0.2, -0.15) is 0 Å². The van der Waals surface area contributed by atoms with Gasteiger partial charge in [-0.25, -0.2) is 0 Å². The molecule has 3 atom stereocenters. The van der Waals surface area contributed by atoms with Gasteiger partial charge in [-0.1, -0.05) is 43.2 Å². The minimum absolute atomic E-state index is 0.422. The third-order valence-corrected chi connectivity index (χ3v) is 4.37. The van der Waals surface area contributed by atoms with Gasteiger partial charge in [0.15, 0.2) is 0 Å². The van der Waals surface area contributed by atoms with E-state index in [1.165, 1.54) is 12.8 Å². The zero-order chi connectivity index (χ0) is 11.1. The Kier molecular flexibility index (Phi) is 2.62. The van der Waals surface area contributed by atoms with Gasteiger partial charge in [-0.15, -0.1) is 6.58 Å². The summed E-state index contributed by atoms with van der Waals surface area (Å²) in [6.45, 7) is 11.0. The average Bonchev–Trinajstić information content (AvgIpc) is 2.20. The highest BCUT2D eigenvalue weighted by atomic mass is 14.4. The average molecular weight is 202 g/mol. The van der Waals surface area contributed by atoms with E-state index >= 15 is 0 Å². The smallest absolute Gasteiger partial charge is 0.00727 e. The van der Waals surface area contributed by atoms with Crippen LogP contribution in [0.25, 0.3) is 0 Å². The van der Waals surface area contributed by atoms with E-state index < -0.39 is 0 Å². The molecule has 0 heterocycles. The second kappa shape index (κ2) is 3.66. The van der Waals surface area contributed by atoms with Gasteiger partial charge in [0.05, 0.1) is 0 Å². The molecule has 0 heteroatoms. The number of fused-ring (bicyclic) bond motifs is 2. The van der Waals surface area contributed by atoms with E-state index in [1.807, 2.05) is 0 Å². The highest BCUT2D eigenvalue weighted by Gasteiger charge is 2.39. The first-order chi connectivity index (χ1) is 7.07. The van der Waals surface area contributed by atoms with Crippen LogP contribution in [-0.4, -0.2) is 0 Å². The second-order valence-electron chi connectivity index (χ2n) is 5.57. The molecule has 2 aliphatic rings. The highest BCUT2D eigenvalue weighted by molar-refractivity contribution is 5.29. The van der Waals surface area contributed by atoms with Crippen molar-refractivity contribution in [2.75, 3.05) is 0 Å². The number of rotatable bonds is 2. The van der Waals surface area contributed by atoms with Crippen LogP contribution >= 0.6 is 0 Å². The Bertz CT molecular complexity index is 332. The summed E-state index contributed by atoms with van der Waals surface area (Å²) >= 11 is 0. The maximum absolute atomic E-state index is 3.88. The Balaban J connectivity index is 2.35. The Morgan fingerprint density at radius 1 is 1.60 bits per heavy atom. The molecule has 0 aromatic carbocycles. The van der Waals surface area contributed by atoms with E-state index in [4.69, 9.17) is 0 Å². The van der Waals surface area contributed by atoms with Gasteiger partial charge in [0.25, 0.3) is 0 Å². The zero-order valence-corrected chi connectivity index (χ0v) is 10.2. The summed E-state index contributed by atoms with van der Waals surface area (Å²) in [5.41, 5.74) is 3.64. The molecule has 0 amide bonds. The molecule has 2 rings (SSSR count). The number of allylic oxidation sites excluding steroid dienone is 5. The van der Waals surface area contributed by atoms with E-state index in [2.05, 4.69) is 45.6 Å². The fraction of sp³-hybridized carbons (Fsp3) is 0.600. The second-order valence-corrected chi connectivity index (χ2v) is 5.57. The lowest BCUT2D eigenvalue weighted by atomic mass is 9.60. The van der Waals surface area contributed by atoms with Crippen molar-refractivity contribution in [3.63, 3.8) is 0 Å². The van der Waals surface area contributed by atoms with Crippen LogP contribution in [-0.2, 0) is 0 Å². The van der Waals surface area contributed by atoms with Crippen LogP contribution in [0.2, 0.25) is 0 Å². The lowest BCUT2D eigenvalue weighted by Crippen LogP contribution is -2.34. The lowest BCUT2D eigenvalue weighted by molar-refractivity contribution is 0.233. The summed E-state index contributed by atoms with van der Waals surface area (Å²) in [4.78, 5) is 0. The van der Waals surface area contributed by atoms with Gasteiger partial charge < -0.3 is 0 Å². The summed E-state index contributed by atoms with van der Waals surface area (Å²) in [5, 5.41) is 0. The monoisotopic (exact) mass is 202 g/mol. The molecular formula is C15H22. The first-order valence-electron chi connectivity index (χ1n) is 6.05. The van der Waals surface area contributed by atoms with Crippen LogP contribution in [0.4, 0.5) is 0 Å². The minimum Gasteiger partial charge on any atom is -0.103 e. The van der Waals surface area contributed by atoms with Crippen molar-refractivity contribution in [1.29, 1.82) is 0 Å². The van der Waals surface area contributed by atoms with E-state index in [9.17, 15) is 0 Å². The summed E-state index contributed by atoms with van der Waals surface area (Å²) in [6, 6.07) is 0. The Hall–Kier alpha value is -0.780. The van der Waals surface area contributed by atoms with Crippen molar-refractivity contribution >= 4 is 0 Å². The van der Waals surface area contributed by atoms with Gasteiger partial charge in [0, 0.05) is 0 Å². The summed E-state index contributed by atoms with van der Waals surface area (Å²) < 4.78 is 0. The van der Waals surface area contributed by atoms with Gasteiger partial charge in [-0.3, -0.25) is 0 Å². The third-order valence-electron chi connectivity index (χ3n) is 4.37. The normalized spacial score (nSPS) is 39.4. The fourth-order valence-corrected chi connectivity index (χ4v) is 3.23. The van der Waals surface area contributed by atoms with Gasteiger partial charge >= 0.3 is 0 Å². The zero-order valence-electron chi connectivity index (χ0n) is 10.2. The minimum atomic E-state index is 0.422. The van der Waals surface area contributed by atoms with E-state index in [0.717, 1.165) is 12.3 Å². The largest absolute Gasteiger partial charge is 0.103 e.